The number of pyridine rings is 1. The third kappa shape index (κ3) is 3.58. The molecule has 0 aliphatic heterocycles. The smallest absolute Gasteiger partial charge is 0.261 e. The number of hydrogen-bond donors (Lipinski definition) is 2. The topological polar surface area (TPSA) is 62.0 Å². The van der Waals surface area contributed by atoms with E-state index in [0.29, 0.717) is 16.4 Å². The second kappa shape index (κ2) is 7.03. The summed E-state index contributed by atoms with van der Waals surface area (Å²) >= 11 is 9.21. The maximum Gasteiger partial charge on any atom is 0.261 e. The molecule has 120 valence electrons. The monoisotopic (exact) mass is 402 g/mol. The van der Waals surface area contributed by atoms with Crippen molar-refractivity contribution in [3.05, 3.63) is 86.1 Å². The first-order valence-electron chi connectivity index (χ1n) is 7.10. The highest BCUT2D eigenvalue weighted by molar-refractivity contribution is 9.10. The fraction of sp³-hybridized carbons (Fsp3) is 0. The van der Waals surface area contributed by atoms with Crippen LogP contribution in [0.1, 0.15) is 10.4 Å². The van der Waals surface area contributed by atoms with Gasteiger partial charge < -0.3 is 10.3 Å². The van der Waals surface area contributed by atoms with Crippen LogP contribution in [0.2, 0.25) is 5.02 Å². The zero-order valence-corrected chi connectivity index (χ0v) is 14.7. The Hall–Kier alpha value is -2.37. The number of hydrogen-bond acceptors (Lipinski definition) is 2. The van der Waals surface area contributed by atoms with Crippen LogP contribution in [0.25, 0.3) is 11.3 Å². The number of H-pyrrole nitrogens is 1. The summed E-state index contributed by atoms with van der Waals surface area (Å²) in [5.41, 5.74) is 1.63. The van der Waals surface area contributed by atoms with Crippen molar-refractivity contribution in [3.8, 4) is 11.3 Å². The molecule has 1 amide bonds. The van der Waals surface area contributed by atoms with Crippen molar-refractivity contribution >= 4 is 39.1 Å². The number of nitrogens with one attached hydrogen (secondary N) is 2. The molecule has 3 rings (SSSR count). The molecule has 0 saturated carbocycles. The molecule has 2 N–H and O–H groups in total. The molecule has 0 atom stereocenters. The van der Waals surface area contributed by atoms with Gasteiger partial charge in [0.25, 0.3) is 11.5 Å². The Balaban J connectivity index is 1.87. The Bertz CT molecular complexity index is 952. The third-order valence-corrected chi connectivity index (χ3v) is 4.37. The molecular formula is C18H12BrClN2O2. The molecular weight excluding hydrogens is 392 g/mol. The molecule has 0 spiro atoms. The van der Waals surface area contributed by atoms with Gasteiger partial charge in [0.2, 0.25) is 0 Å². The van der Waals surface area contributed by atoms with E-state index >= 15 is 0 Å². The first-order valence-corrected chi connectivity index (χ1v) is 8.27. The van der Waals surface area contributed by atoms with Crippen LogP contribution in [0, 0.1) is 0 Å². The van der Waals surface area contributed by atoms with E-state index in [0.717, 1.165) is 10.0 Å². The molecule has 6 heteroatoms. The second-order valence-corrected chi connectivity index (χ2v) is 6.35. The molecule has 3 aromatic rings. The zero-order chi connectivity index (χ0) is 17.1. The zero-order valence-electron chi connectivity index (χ0n) is 12.3. The molecule has 0 radical (unpaired) electrons. The summed E-state index contributed by atoms with van der Waals surface area (Å²) in [5.74, 6) is -0.467. The molecule has 0 fully saturated rings. The molecule has 4 nitrogen and oxygen atoms in total. The number of benzene rings is 2. The van der Waals surface area contributed by atoms with Crippen LogP contribution in [0.5, 0.6) is 0 Å². The first-order chi connectivity index (χ1) is 11.5. The summed E-state index contributed by atoms with van der Waals surface area (Å²) in [4.78, 5) is 27.3. The Morgan fingerprint density at radius 3 is 2.38 bits per heavy atom. The van der Waals surface area contributed by atoms with Crippen molar-refractivity contribution in [1.82, 2.24) is 4.98 Å². The maximum absolute atomic E-state index is 12.3. The van der Waals surface area contributed by atoms with Crippen LogP contribution in [0.15, 0.2) is 69.9 Å². The number of anilines is 1. The van der Waals surface area contributed by atoms with E-state index in [1.165, 1.54) is 6.07 Å². The van der Waals surface area contributed by atoms with Gasteiger partial charge in [-0.25, -0.2) is 0 Å². The fourth-order valence-corrected chi connectivity index (χ4v) is 2.71. The minimum Gasteiger partial charge on any atom is -0.321 e. The summed E-state index contributed by atoms with van der Waals surface area (Å²) in [7, 11) is 0. The second-order valence-electron chi connectivity index (χ2n) is 5.06. The molecule has 0 saturated heterocycles. The van der Waals surface area contributed by atoms with Gasteiger partial charge in [0.05, 0.1) is 5.69 Å². The highest BCUT2D eigenvalue weighted by Gasteiger charge is 2.13. The Morgan fingerprint density at radius 2 is 1.71 bits per heavy atom. The van der Waals surface area contributed by atoms with Crippen LogP contribution >= 0.6 is 27.5 Å². The fourth-order valence-electron chi connectivity index (χ4n) is 2.20. The largest absolute Gasteiger partial charge is 0.321 e. The molecule has 1 aromatic heterocycles. The standard InChI is InChI=1S/C18H12BrClN2O2/c19-14-3-1-2-4-16(14)22-18(24)13-9-10-15(21-17(13)23)11-5-7-12(20)8-6-11/h1-10H,(H,21,23)(H,22,24). The lowest BCUT2D eigenvalue weighted by atomic mass is 10.1. The number of aromatic nitrogens is 1. The number of aromatic amines is 1. The van der Waals surface area contributed by atoms with E-state index < -0.39 is 11.5 Å². The molecule has 0 unspecified atom stereocenters. The predicted molar refractivity (Wildman–Crippen MR) is 99.6 cm³/mol. The first kappa shape index (κ1) is 16.5. The third-order valence-electron chi connectivity index (χ3n) is 3.43. The van der Waals surface area contributed by atoms with Crippen molar-refractivity contribution < 1.29 is 4.79 Å². The van der Waals surface area contributed by atoms with Crippen molar-refractivity contribution in [3.63, 3.8) is 0 Å². The number of amides is 1. The average molecular weight is 404 g/mol. The van der Waals surface area contributed by atoms with E-state index in [2.05, 4.69) is 26.2 Å². The normalized spacial score (nSPS) is 10.4. The van der Waals surface area contributed by atoms with Gasteiger partial charge in [-0.15, -0.1) is 0 Å². The minimum atomic E-state index is -0.467. The highest BCUT2D eigenvalue weighted by Crippen LogP contribution is 2.22. The number of rotatable bonds is 3. The number of halogens is 2. The Labute approximate surface area is 151 Å². The lowest BCUT2D eigenvalue weighted by Gasteiger charge is -2.07. The van der Waals surface area contributed by atoms with E-state index in [1.807, 2.05) is 12.1 Å². The number of carbonyl (C=O) groups is 1. The SMILES string of the molecule is O=C(Nc1ccccc1Br)c1ccc(-c2ccc(Cl)cc2)[nH]c1=O. The summed E-state index contributed by atoms with van der Waals surface area (Å²) in [6.45, 7) is 0. The van der Waals surface area contributed by atoms with E-state index in [9.17, 15) is 9.59 Å². The number of carbonyl (C=O) groups excluding carboxylic acids is 1. The maximum atomic E-state index is 12.3. The Kier molecular flexibility index (Phi) is 4.83. The van der Waals surface area contributed by atoms with Crippen molar-refractivity contribution in [2.45, 2.75) is 0 Å². The molecule has 2 aromatic carbocycles. The van der Waals surface area contributed by atoms with Crippen molar-refractivity contribution in [2.24, 2.45) is 0 Å². The predicted octanol–water partition coefficient (Wildman–Crippen LogP) is 4.71. The molecule has 0 aliphatic rings. The van der Waals surface area contributed by atoms with Crippen LogP contribution in [-0.2, 0) is 0 Å². The van der Waals surface area contributed by atoms with Gasteiger partial charge in [-0.3, -0.25) is 9.59 Å². The summed E-state index contributed by atoms with van der Waals surface area (Å²) in [6, 6.07) is 17.5. The minimum absolute atomic E-state index is 0.0449. The van der Waals surface area contributed by atoms with Gasteiger partial charge >= 0.3 is 0 Å². The van der Waals surface area contributed by atoms with E-state index in [-0.39, 0.29) is 5.56 Å². The lowest BCUT2D eigenvalue weighted by molar-refractivity contribution is 0.102. The van der Waals surface area contributed by atoms with Gasteiger partial charge in [-0.1, -0.05) is 35.9 Å². The molecule has 0 aliphatic carbocycles. The number of para-hydroxylation sites is 1. The van der Waals surface area contributed by atoms with E-state index in [1.54, 1.807) is 42.5 Å². The van der Waals surface area contributed by atoms with Crippen LogP contribution in [0.4, 0.5) is 5.69 Å². The average Bonchev–Trinajstić information content (AvgIpc) is 2.57. The molecule has 1 heterocycles. The molecule has 24 heavy (non-hydrogen) atoms. The van der Waals surface area contributed by atoms with E-state index in [4.69, 9.17) is 11.6 Å². The summed E-state index contributed by atoms with van der Waals surface area (Å²) < 4.78 is 0.743. The quantitative estimate of drug-likeness (QED) is 0.665. The van der Waals surface area contributed by atoms with Crippen molar-refractivity contribution in [1.29, 1.82) is 0 Å². The lowest BCUT2D eigenvalue weighted by Crippen LogP contribution is -2.23. The van der Waals surface area contributed by atoms with Gasteiger partial charge in [0.15, 0.2) is 0 Å². The van der Waals surface area contributed by atoms with Crippen LogP contribution in [-0.4, -0.2) is 10.9 Å². The van der Waals surface area contributed by atoms with Crippen LogP contribution < -0.4 is 10.9 Å². The van der Waals surface area contributed by atoms with Crippen molar-refractivity contribution in [2.75, 3.05) is 5.32 Å². The van der Waals surface area contributed by atoms with Gasteiger partial charge in [-0.2, -0.15) is 0 Å². The van der Waals surface area contributed by atoms with Gasteiger partial charge in [0.1, 0.15) is 5.56 Å². The van der Waals surface area contributed by atoms with Gasteiger partial charge in [-0.05, 0) is 57.9 Å². The Morgan fingerprint density at radius 1 is 1.00 bits per heavy atom. The molecule has 0 bridgehead atoms. The summed E-state index contributed by atoms with van der Waals surface area (Å²) in [5, 5.41) is 3.33. The van der Waals surface area contributed by atoms with Gasteiger partial charge in [0, 0.05) is 15.2 Å². The van der Waals surface area contributed by atoms with Crippen LogP contribution in [0.3, 0.4) is 0 Å². The highest BCUT2D eigenvalue weighted by atomic mass is 79.9. The summed E-state index contributed by atoms with van der Waals surface area (Å²) in [6.07, 6.45) is 0.